The lowest BCUT2D eigenvalue weighted by molar-refractivity contribution is -0.163. The molecule has 5 heteroatoms. The molecule has 9 heavy (non-hydrogen) atoms. The smallest absolute Gasteiger partial charge is 0.155 e. The molecular formula is C4H10INO3. The minimum atomic E-state index is 0.158. The Bertz CT molecular complexity index is 49.1. The van der Waals surface area contributed by atoms with E-state index in [1.54, 1.807) is 23.0 Å². The lowest BCUT2D eigenvalue weighted by atomic mass is 10.6. The van der Waals surface area contributed by atoms with Gasteiger partial charge in [-0.05, 0) is 0 Å². The summed E-state index contributed by atoms with van der Waals surface area (Å²) >= 11 is 1.65. The van der Waals surface area contributed by atoms with Crippen LogP contribution in [-0.4, -0.2) is 31.4 Å². The molecule has 0 spiro atoms. The van der Waals surface area contributed by atoms with Crippen LogP contribution in [0.5, 0.6) is 0 Å². The molecule has 0 aromatic rings. The number of aliphatic hydroxyl groups is 1. The van der Waals surface area contributed by atoms with Crippen LogP contribution in [0.15, 0.2) is 0 Å². The Balaban J connectivity index is 2.60. The average Bonchev–Trinajstić information content (AvgIpc) is 1.89. The highest BCUT2D eigenvalue weighted by Crippen LogP contribution is 1.84. The highest BCUT2D eigenvalue weighted by molar-refractivity contribution is 14.1. The molecular weight excluding hydrogens is 237 g/mol. The molecule has 0 radical (unpaired) electrons. The summed E-state index contributed by atoms with van der Waals surface area (Å²) in [6.45, 7) is 1.96. The molecule has 56 valence electrons. The molecule has 0 aromatic heterocycles. The lowest BCUT2D eigenvalue weighted by Gasteiger charge is -1.99. The summed E-state index contributed by atoms with van der Waals surface area (Å²) in [5, 5.41) is 11.2. The molecule has 0 unspecified atom stereocenters. The number of aliphatic hydroxyl groups excluding tert-OH is 1. The molecule has 0 amide bonds. The van der Waals surface area contributed by atoms with E-state index in [1.165, 1.54) is 0 Å². The summed E-state index contributed by atoms with van der Waals surface area (Å²) < 4.78 is 4.29. The maximum absolute atomic E-state index is 8.29. The lowest BCUT2D eigenvalue weighted by Crippen LogP contribution is -2.22. The fraction of sp³-hybridized carbons (Fsp3) is 1.00. The van der Waals surface area contributed by atoms with E-state index in [4.69, 9.17) is 5.11 Å². The molecule has 0 bridgehead atoms. The standard InChI is InChI=1S/C4H10INO3/c5-9-8-4-2-6-1-3-7/h6-7H,1-4H2. The molecule has 4 nitrogen and oxygen atoms in total. The molecule has 0 saturated heterocycles. The van der Waals surface area contributed by atoms with Gasteiger partial charge >= 0.3 is 0 Å². The van der Waals surface area contributed by atoms with Crippen molar-refractivity contribution in [3.63, 3.8) is 0 Å². The van der Waals surface area contributed by atoms with E-state index in [1.807, 2.05) is 0 Å². The van der Waals surface area contributed by atoms with Crippen molar-refractivity contribution in [1.29, 1.82) is 0 Å². The third-order valence-electron chi connectivity index (χ3n) is 0.695. The van der Waals surface area contributed by atoms with E-state index in [0.717, 1.165) is 0 Å². The number of hydrogen-bond acceptors (Lipinski definition) is 4. The van der Waals surface area contributed by atoms with Gasteiger partial charge in [0.1, 0.15) is 0 Å². The number of halogens is 1. The van der Waals surface area contributed by atoms with Gasteiger partial charge in [-0.15, -0.1) is 0 Å². The van der Waals surface area contributed by atoms with Gasteiger partial charge in [0, 0.05) is 13.1 Å². The summed E-state index contributed by atoms with van der Waals surface area (Å²) in [6.07, 6.45) is 0. The van der Waals surface area contributed by atoms with Gasteiger partial charge in [0.25, 0.3) is 0 Å². The maximum Gasteiger partial charge on any atom is 0.155 e. The van der Waals surface area contributed by atoms with Crippen molar-refractivity contribution < 1.29 is 13.2 Å². The number of hydrogen-bond donors (Lipinski definition) is 2. The fourth-order valence-electron chi connectivity index (χ4n) is 0.349. The van der Waals surface area contributed by atoms with Crippen molar-refractivity contribution in [2.45, 2.75) is 0 Å². The highest BCUT2D eigenvalue weighted by atomic mass is 127. The molecule has 0 aromatic carbocycles. The second-order valence-corrected chi connectivity index (χ2v) is 1.72. The van der Waals surface area contributed by atoms with Gasteiger partial charge in [0.2, 0.25) is 0 Å². The van der Waals surface area contributed by atoms with E-state index >= 15 is 0 Å². The molecule has 0 fully saturated rings. The average molecular weight is 247 g/mol. The Hall–Kier alpha value is 0.570. The predicted molar refractivity (Wildman–Crippen MR) is 41.0 cm³/mol. The van der Waals surface area contributed by atoms with Crippen LogP contribution in [0.4, 0.5) is 0 Å². The van der Waals surface area contributed by atoms with Crippen LogP contribution in [0.1, 0.15) is 0 Å². The second-order valence-electron chi connectivity index (χ2n) is 1.36. The topological polar surface area (TPSA) is 50.7 Å². The first kappa shape index (κ1) is 9.57. The summed E-state index contributed by atoms with van der Waals surface area (Å²) in [4.78, 5) is 4.52. The molecule has 0 heterocycles. The zero-order valence-electron chi connectivity index (χ0n) is 4.97. The third kappa shape index (κ3) is 8.57. The third-order valence-corrected chi connectivity index (χ3v) is 0.950. The van der Waals surface area contributed by atoms with Crippen molar-refractivity contribution in [1.82, 2.24) is 5.32 Å². The first-order chi connectivity index (χ1) is 4.41. The van der Waals surface area contributed by atoms with Gasteiger partial charge < -0.3 is 10.4 Å². The number of rotatable bonds is 6. The Morgan fingerprint density at radius 2 is 2.22 bits per heavy atom. The zero-order chi connectivity index (χ0) is 6.95. The fourth-order valence-corrected chi connectivity index (χ4v) is 0.529. The van der Waals surface area contributed by atoms with Crippen molar-refractivity contribution in [3.05, 3.63) is 0 Å². The van der Waals surface area contributed by atoms with Gasteiger partial charge in [-0.2, -0.15) is 3.22 Å². The van der Waals surface area contributed by atoms with Crippen LogP contribution >= 0.6 is 23.0 Å². The van der Waals surface area contributed by atoms with E-state index in [-0.39, 0.29) is 6.61 Å². The van der Waals surface area contributed by atoms with Crippen LogP contribution in [0.25, 0.3) is 0 Å². The summed E-state index contributed by atoms with van der Waals surface area (Å²) in [5.74, 6) is 0. The maximum atomic E-state index is 8.29. The molecule has 0 aliphatic rings. The summed E-state index contributed by atoms with van der Waals surface area (Å²) in [6, 6.07) is 0. The zero-order valence-corrected chi connectivity index (χ0v) is 7.13. The molecule has 0 atom stereocenters. The molecule has 0 rings (SSSR count). The van der Waals surface area contributed by atoms with E-state index in [2.05, 4.69) is 13.4 Å². The van der Waals surface area contributed by atoms with Crippen molar-refractivity contribution >= 4 is 23.0 Å². The Morgan fingerprint density at radius 1 is 1.44 bits per heavy atom. The van der Waals surface area contributed by atoms with Gasteiger partial charge in [0.05, 0.1) is 13.2 Å². The van der Waals surface area contributed by atoms with Crippen molar-refractivity contribution in [2.75, 3.05) is 26.3 Å². The van der Waals surface area contributed by atoms with Crippen LogP contribution < -0.4 is 5.32 Å². The van der Waals surface area contributed by atoms with E-state index < -0.39 is 0 Å². The van der Waals surface area contributed by atoms with E-state index in [9.17, 15) is 0 Å². The number of nitrogens with one attached hydrogen (secondary N) is 1. The van der Waals surface area contributed by atoms with Gasteiger partial charge in [-0.25, -0.2) is 4.89 Å². The Labute approximate surface area is 68.1 Å². The molecule has 0 saturated carbocycles. The first-order valence-electron chi connectivity index (χ1n) is 2.63. The monoisotopic (exact) mass is 247 g/mol. The first-order valence-corrected chi connectivity index (χ1v) is 3.51. The Kier molecular flexibility index (Phi) is 9.11. The normalized spacial score (nSPS) is 10.0. The summed E-state index contributed by atoms with van der Waals surface area (Å²) in [7, 11) is 0. The highest BCUT2D eigenvalue weighted by Gasteiger charge is 1.84. The second kappa shape index (κ2) is 8.57. The van der Waals surface area contributed by atoms with Crippen LogP contribution in [-0.2, 0) is 8.10 Å². The minimum Gasteiger partial charge on any atom is -0.395 e. The SMILES string of the molecule is OCCNCCOOI. The summed E-state index contributed by atoms with van der Waals surface area (Å²) in [5.41, 5.74) is 0. The quantitative estimate of drug-likeness (QED) is 0.297. The molecule has 0 aliphatic carbocycles. The molecule has 2 N–H and O–H groups in total. The van der Waals surface area contributed by atoms with Crippen molar-refractivity contribution in [2.24, 2.45) is 0 Å². The predicted octanol–water partition coefficient (Wildman–Crippen LogP) is -0.134. The largest absolute Gasteiger partial charge is 0.395 e. The van der Waals surface area contributed by atoms with Crippen LogP contribution in [0.3, 0.4) is 0 Å². The van der Waals surface area contributed by atoms with Gasteiger partial charge in [-0.3, -0.25) is 0 Å². The van der Waals surface area contributed by atoms with Crippen LogP contribution in [0, 0.1) is 0 Å². The van der Waals surface area contributed by atoms with Gasteiger partial charge in [0.15, 0.2) is 23.0 Å². The van der Waals surface area contributed by atoms with Gasteiger partial charge in [-0.1, -0.05) is 0 Å². The van der Waals surface area contributed by atoms with Crippen molar-refractivity contribution in [3.8, 4) is 0 Å². The van der Waals surface area contributed by atoms with E-state index in [0.29, 0.717) is 19.7 Å². The minimum absolute atomic E-state index is 0.158. The molecule has 0 aliphatic heterocycles. The van der Waals surface area contributed by atoms with Crippen LogP contribution in [0.2, 0.25) is 0 Å². The Morgan fingerprint density at radius 3 is 2.78 bits per heavy atom.